The number of carbonyl (C=O) groups is 2. The van der Waals surface area contributed by atoms with Crippen LogP contribution in [0.15, 0.2) is 18.3 Å². The zero-order valence-electron chi connectivity index (χ0n) is 15.1. The van der Waals surface area contributed by atoms with E-state index in [9.17, 15) is 9.59 Å². The number of nitrogens with one attached hydrogen (secondary N) is 2. The highest BCUT2D eigenvalue weighted by atomic mass is 16.6. The van der Waals surface area contributed by atoms with Crippen molar-refractivity contribution in [3.8, 4) is 0 Å². The lowest BCUT2D eigenvalue weighted by atomic mass is 10.1. The molecule has 134 valence electrons. The lowest BCUT2D eigenvalue weighted by Gasteiger charge is -2.19. The third-order valence-corrected chi connectivity index (χ3v) is 3.17. The number of hydrogen-bond donors (Lipinski definition) is 2. The zero-order chi connectivity index (χ0) is 18.0. The number of nitrogens with zero attached hydrogens (tertiary/aromatic N) is 1. The average Bonchev–Trinajstić information content (AvgIpc) is 2.50. The molecule has 1 amide bonds. The second-order valence-corrected chi connectivity index (χ2v) is 6.67. The van der Waals surface area contributed by atoms with Crippen LogP contribution >= 0.6 is 0 Å². The van der Waals surface area contributed by atoms with Crippen molar-refractivity contribution in [2.75, 3.05) is 18.4 Å². The summed E-state index contributed by atoms with van der Waals surface area (Å²) in [6, 6.07) is 3.60. The molecule has 6 heteroatoms. The molecule has 0 aliphatic heterocycles. The summed E-state index contributed by atoms with van der Waals surface area (Å²) in [6.07, 6.45) is 4.28. The molecule has 0 aliphatic carbocycles. The van der Waals surface area contributed by atoms with Crippen LogP contribution < -0.4 is 10.6 Å². The third-order valence-electron chi connectivity index (χ3n) is 3.17. The topological polar surface area (TPSA) is 80.3 Å². The van der Waals surface area contributed by atoms with Gasteiger partial charge < -0.3 is 15.4 Å². The molecule has 0 spiro atoms. The number of hydrogen-bond acceptors (Lipinski definition) is 5. The second kappa shape index (κ2) is 9.90. The van der Waals surface area contributed by atoms with E-state index in [1.807, 2.05) is 26.8 Å². The molecule has 1 rings (SSSR count). The molecule has 0 bridgehead atoms. The Labute approximate surface area is 144 Å². The van der Waals surface area contributed by atoms with E-state index in [-0.39, 0.29) is 5.78 Å². The monoisotopic (exact) mass is 335 g/mol. The van der Waals surface area contributed by atoms with E-state index in [2.05, 4.69) is 22.5 Å². The highest BCUT2D eigenvalue weighted by Crippen LogP contribution is 2.09. The van der Waals surface area contributed by atoms with Gasteiger partial charge in [0.25, 0.3) is 0 Å². The summed E-state index contributed by atoms with van der Waals surface area (Å²) in [7, 11) is 0. The van der Waals surface area contributed by atoms with Crippen LogP contribution in [0.2, 0.25) is 0 Å². The largest absolute Gasteiger partial charge is 0.444 e. The number of amides is 1. The first-order valence-corrected chi connectivity index (χ1v) is 8.52. The van der Waals surface area contributed by atoms with Crippen molar-refractivity contribution in [1.82, 2.24) is 10.3 Å². The molecule has 1 aromatic heterocycles. The number of carbonyl (C=O) groups excluding carboxylic acids is 2. The average molecular weight is 335 g/mol. The van der Waals surface area contributed by atoms with Crippen LogP contribution in [0.4, 0.5) is 10.6 Å². The van der Waals surface area contributed by atoms with Crippen molar-refractivity contribution in [2.45, 2.75) is 59.0 Å². The first kappa shape index (κ1) is 19.9. The molecule has 0 saturated heterocycles. The first-order valence-electron chi connectivity index (χ1n) is 8.52. The third kappa shape index (κ3) is 8.50. The Bertz CT molecular complexity index is 521. The van der Waals surface area contributed by atoms with Gasteiger partial charge in [0.05, 0.1) is 0 Å². The Morgan fingerprint density at radius 3 is 2.50 bits per heavy atom. The maximum absolute atomic E-state index is 12.1. The predicted molar refractivity (Wildman–Crippen MR) is 95.4 cm³/mol. The number of anilines is 1. The number of unbranched alkanes of at least 4 members (excludes halogenated alkanes) is 1. The summed E-state index contributed by atoms with van der Waals surface area (Å²) in [4.78, 5) is 27.8. The smallest absolute Gasteiger partial charge is 0.407 e. The van der Waals surface area contributed by atoms with Crippen LogP contribution in [0.25, 0.3) is 0 Å². The van der Waals surface area contributed by atoms with Crippen LogP contribution in [-0.4, -0.2) is 35.6 Å². The molecule has 0 atom stereocenters. The minimum atomic E-state index is -0.515. The van der Waals surface area contributed by atoms with Gasteiger partial charge in [-0.1, -0.05) is 13.3 Å². The van der Waals surface area contributed by atoms with Gasteiger partial charge in [-0.05, 0) is 45.7 Å². The van der Waals surface area contributed by atoms with Gasteiger partial charge in [0.15, 0.2) is 5.78 Å². The maximum atomic E-state index is 12.1. The van der Waals surface area contributed by atoms with Crippen LogP contribution in [-0.2, 0) is 4.74 Å². The number of ketones is 1. The van der Waals surface area contributed by atoms with E-state index in [0.717, 1.165) is 25.2 Å². The SMILES string of the molecule is CCCCNc1ccc(C(=O)CCCNC(=O)OC(C)(C)C)cn1. The van der Waals surface area contributed by atoms with Crippen molar-refractivity contribution < 1.29 is 14.3 Å². The van der Waals surface area contributed by atoms with Crippen molar-refractivity contribution in [3.05, 3.63) is 23.9 Å². The van der Waals surface area contributed by atoms with E-state index in [0.29, 0.717) is 24.9 Å². The molecule has 0 radical (unpaired) electrons. The minimum absolute atomic E-state index is 0.0218. The summed E-state index contributed by atoms with van der Waals surface area (Å²) in [5.41, 5.74) is 0.0756. The Hall–Kier alpha value is -2.11. The standard InChI is InChI=1S/C18H29N3O3/c1-5-6-11-19-16-10-9-14(13-21-16)15(22)8-7-12-20-17(23)24-18(2,3)4/h9-10,13H,5-8,11-12H2,1-4H3,(H,19,21)(H,20,23). The molecular weight excluding hydrogens is 306 g/mol. The van der Waals surface area contributed by atoms with Crippen LogP contribution in [0, 0.1) is 0 Å². The van der Waals surface area contributed by atoms with Crippen LogP contribution in [0.5, 0.6) is 0 Å². The van der Waals surface area contributed by atoms with Crippen LogP contribution in [0.1, 0.15) is 63.7 Å². The summed E-state index contributed by atoms with van der Waals surface area (Å²) < 4.78 is 5.13. The van der Waals surface area contributed by atoms with Crippen molar-refractivity contribution in [3.63, 3.8) is 0 Å². The van der Waals surface area contributed by atoms with Crippen molar-refractivity contribution >= 4 is 17.7 Å². The molecule has 24 heavy (non-hydrogen) atoms. The molecule has 0 unspecified atom stereocenters. The summed E-state index contributed by atoms with van der Waals surface area (Å²) in [5.74, 6) is 0.806. The fraction of sp³-hybridized carbons (Fsp3) is 0.611. The quantitative estimate of drug-likeness (QED) is 0.530. The van der Waals surface area contributed by atoms with Gasteiger partial charge in [-0.15, -0.1) is 0 Å². The predicted octanol–water partition coefficient (Wildman–Crippen LogP) is 3.78. The molecule has 0 saturated carbocycles. The van der Waals surface area contributed by atoms with E-state index in [1.165, 1.54) is 0 Å². The molecule has 1 heterocycles. The molecule has 1 aromatic rings. The van der Waals surface area contributed by atoms with Crippen molar-refractivity contribution in [1.29, 1.82) is 0 Å². The molecular formula is C18H29N3O3. The van der Waals surface area contributed by atoms with E-state index < -0.39 is 11.7 Å². The van der Waals surface area contributed by atoms with Crippen LogP contribution in [0.3, 0.4) is 0 Å². The molecule has 6 nitrogen and oxygen atoms in total. The van der Waals surface area contributed by atoms with E-state index >= 15 is 0 Å². The number of pyridine rings is 1. The van der Waals surface area contributed by atoms with Gasteiger partial charge in [0.2, 0.25) is 0 Å². The highest BCUT2D eigenvalue weighted by molar-refractivity contribution is 5.95. The molecule has 0 aromatic carbocycles. The Balaban J connectivity index is 2.29. The van der Waals surface area contributed by atoms with Gasteiger partial charge in [0.1, 0.15) is 11.4 Å². The maximum Gasteiger partial charge on any atom is 0.407 e. The number of alkyl carbamates (subject to hydrolysis) is 1. The van der Waals surface area contributed by atoms with Crippen molar-refractivity contribution in [2.24, 2.45) is 0 Å². The Morgan fingerprint density at radius 2 is 1.92 bits per heavy atom. The lowest BCUT2D eigenvalue weighted by molar-refractivity contribution is 0.0525. The molecule has 0 fully saturated rings. The highest BCUT2D eigenvalue weighted by Gasteiger charge is 2.15. The number of Topliss-reactive ketones (excluding diaryl/α,β-unsaturated/α-hetero) is 1. The first-order chi connectivity index (χ1) is 11.3. The zero-order valence-corrected chi connectivity index (χ0v) is 15.1. The fourth-order valence-corrected chi connectivity index (χ4v) is 1.95. The lowest BCUT2D eigenvalue weighted by Crippen LogP contribution is -2.33. The Kier molecular flexibility index (Phi) is 8.22. The summed E-state index contributed by atoms with van der Waals surface area (Å²) >= 11 is 0. The summed E-state index contributed by atoms with van der Waals surface area (Å²) in [6.45, 7) is 8.85. The number of rotatable bonds is 9. The van der Waals surface area contributed by atoms with Gasteiger partial charge >= 0.3 is 6.09 Å². The number of aromatic nitrogens is 1. The van der Waals surface area contributed by atoms with E-state index in [1.54, 1.807) is 12.3 Å². The number of ether oxygens (including phenoxy) is 1. The van der Waals surface area contributed by atoms with E-state index in [4.69, 9.17) is 4.74 Å². The second-order valence-electron chi connectivity index (χ2n) is 6.67. The van der Waals surface area contributed by atoms with Gasteiger partial charge in [0, 0.05) is 31.3 Å². The van der Waals surface area contributed by atoms with Gasteiger partial charge in [-0.25, -0.2) is 9.78 Å². The Morgan fingerprint density at radius 1 is 1.17 bits per heavy atom. The summed E-state index contributed by atoms with van der Waals surface area (Å²) in [5, 5.41) is 5.86. The molecule has 0 aliphatic rings. The van der Waals surface area contributed by atoms with Gasteiger partial charge in [-0.3, -0.25) is 4.79 Å². The van der Waals surface area contributed by atoms with Gasteiger partial charge in [-0.2, -0.15) is 0 Å². The fourth-order valence-electron chi connectivity index (χ4n) is 1.95. The minimum Gasteiger partial charge on any atom is -0.444 e. The normalized spacial score (nSPS) is 11.0. The molecule has 2 N–H and O–H groups in total.